The molecule has 1 aromatic rings. The molecule has 1 unspecified atom stereocenters. The summed E-state index contributed by atoms with van der Waals surface area (Å²) in [5.41, 5.74) is 1.48. The Morgan fingerprint density at radius 2 is 2.06 bits per heavy atom. The Labute approximate surface area is 107 Å². The molecule has 0 saturated heterocycles. The second-order valence-corrected chi connectivity index (χ2v) is 7.90. The van der Waals surface area contributed by atoms with E-state index in [1.54, 1.807) is 6.26 Å². The molecule has 0 aliphatic heterocycles. The fraction of sp³-hybridized carbons (Fsp3) is 0.583. The standard InChI is InChI=1S/C12H16O3S2/c1-12(2)4-7-9(6-13)16-11(17(3)15)10(7)8(14)5-12/h13H,4-6H2,1-3H3. The fourth-order valence-electron chi connectivity index (χ4n) is 2.35. The second-order valence-electron chi connectivity index (χ2n) is 5.22. The summed E-state index contributed by atoms with van der Waals surface area (Å²) in [6, 6.07) is 0. The second kappa shape index (κ2) is 4.30. The monoisotopic (exact) mass is 272 g/mol. The summed E-state index contributed by atoms with van der Waals surface area (Å²) in [7, 11) is -1.16. The topological polar surface area (TPSA) is 54.4 Å². The van der Waals surface area contributed by atoms with Crippen LogP contribution in [0.15, 0.2) is 4.21 Å². The predicted octanol–water partition coefficient (Wildman–Crippen LogP) is 2.13. The van der Waals surface area contributed by atoms with Gasteiger partial charge >= 0.3 is 0 Å². The largest absolute Gasteiger partial charge is 0.391 e. The van der Waals surface area contributed by atoms with Gasteiger partial charge in [-0.1, -0.05) is 13.8 Å². The first-order chi connectivity index (χ1) is 7.85. The van der Waals surface area contributed by atoms with E-state index in [4.69, 9.17) is 0 Å². The van der Waals surface area contributed by atoms with Crippen molar-refractivity contribution in [1.29, 1.82) is 0 Å². The molecule has 1 aromatic heterocycles. The number of aliphatic hydroxyl groups excluding tert-OH is 1. The SMILES string of the molecule is CS(=O)c1sc(CO)c2c1C(=O)CC(C)(C)C2. The average molecular weight is 272 g/mol. The summed E-state index contributed by atoms with van der Waals surface area (Å²) in [5.74, 6) is 0.0670. The molecule has 1 heterocycles. The average Bonchev–Trinajstić information content (AvgIpc) is 2.54. The molecule has 1 aliphatic rings. The van der Waals surface area contributed by atoms with Crippen molar-refractivity contribution in [3.8, 4) is 0 Å². The van der Waals surface area contributed by atoms with Crippen molar-refractivity contribution in [3.63, 3.8) is 0 Å². The number of carbonyl (C=O) groups excluding carboxylic acids is 1. The number of aliphatic hydroxyl groups is 1. The van der Waals surface area contributed by atoms with E-state index in [2.05, 4.69) is 13.8 Å². The summed E-state index contributed by atoms with van der Waals surface area (Å²) in [4.78, 5) is 12.9. The summed E-state index contributed by atoms with van der Waals surface area (Å²) in [6.07, 6.45) is 2.85. The van der Waals surface area contributed by atoms with Crippen molar-refractivity contribution >= 4 is 27.9 Å². The first kappa shape index (κ1) is 12.9. The van der Waals surface area contributed by atoms with E-state index in [1.165, 1.54) is 11.3 Å². The molecule has 0 saturated carbocycles. The third-order valence-corrected chi connectivity index (χ3v) is 5.73. The van der Waals surface area contributed by atoms with Gasteiger partial charge in [-0.05, 0) is 17.4 Å². The highest BCUT2D eigenvalue weighted by molar-refractivity contribution is 7.86. The van der Waals surface area contributed by atoms with E-state index in [0.717, 1.165) is 16.9 Å². The lowest BCUT2D eigenvalue weighted by Crippen LogP contribution is -2.27. The molecule has 0 radical (unpaired) electrons. The number of ketones is 1. The Morgan fingerprint density at radius 1 is 1.41 bits per heavy atom. The maximum atomic E-state index is 12.1. The Balaban J connectivity index is 2.63. The lowest BCUT2D eigenvalue weighted by Gasteiger charge is -2.29. The Hall–Kier alpha value is -0.520. The highest BCUT2D eigenvalue weighted by Crippen LogP contribution is 2.42. The molecule has 5 heteroatoms. The van der Waals surface area contributed by atoms with E-state index in [0.29, 0.717) is 16.2 Å². The zero-order valence-electron chi connectivity index (χ0n) is 10.2. The molecule has 1 atom stereocenters. The van der Waals surface area contributed by atoms with Gasteiger partial charge in [0.2, 0.25) is 0 Å². The van der Waals surface area contributed by atoms with Gasteiger partial charge in [-0.3, -0.25) is 9.00 Å². The van der Waals surface area contributed by atoms with Gasteiger partial charge in [-0.25, -0.2) is 0 Å². The van der Waals surface area contributed by atoms with Gasteiger partial charge in [0.05, 0.1) is 17.4 Å². The van der Waals surface area contributed by atoms with Crippen LogP contribution in [0.25, 0.3) is 0 Å². The third-order valence-electron chi connectivity index (χ3n) is 3.04. The maximum Gasteiger partial charge on any atom is 0.165 e. The molecular formula is C12H16O3S2. The van der Waals surface area contributed by atoms with Crippen molar-refractivity contribution in [2.24, 2.45) is 5.41 Å². The van der Waals surface area contributed by atoms with E-state index in [-0.39, 0.29) is 17.8 Å². The van der Waals surface area contributed by atoms with Crippen LogP contribution in [0.5, 0.6) is 0 Å². The van der Waals surface area contributed by atoms with Crippen molar-refractivity contribution in [1.82, 2.24) is 0 Å². The van der Waals surface area contributed by atoms with Crippen LogP contribution in [0.4, 0.5) is 0 Å². The molecule has 0 amide bonds. The number of fused-ring (bicyclic) bond motifs is 1. The van der Waals surface area contributed by atoms with E-state index >= 15 is 0 Å². The summed E-state index contributed by atoms with van der Waals surface area (Å²) in [5, 5.41) is 9.35. The molecule has 1 N–H and O–H groups in total. The van der Waals surface area contributed by atoms with Gasteiger partial charge in [0, 0.05) is 23.1 Å². The summed E-state index contributed by atoms with van der Waals surface area (Å²) in [6.45, 7) is 4.03. The highest BCUT2D eigenvalue weighted by atomic mass is 32.2. The number of hydrogen-bond acceptors (Lipinski definition) is 4. The van der Waals surface area contributed by atoms with Gasteiger partial charge in [-0.2, -0.15) is 0 Å². The zero-order chi connectivity index (χ0) is 12.8. The minimum atomic E-state index is -1.16. The van der Waals surface area contributed by atoms with E-state index in [1.807, 2.05) is 0 Å². The van der Waals surface area contributed by atoms with Crippen molar-refractivity contribution in [2.45, 2.75) is 37.5 Å². The molecular weight excluding hydrogens is 256 g/mol. The molecule has 94 valence electrons. The lowest BCUT2D eigenvalue weighted by molar-refractivity contribution is 0.0909. The zero-order valence-corrected chi connectivity index (χ0v) is 11.8. The Morgan fingerprint density at radius 3 is 2.59 bits per heavy atom. The van der Waals surface area contributed by atoms with Gasteiger partial charge in [0.15, 0.2) is 5.78 Å². The van der Waals surface area contributed by atoms with Crippen LogP contribution in [0.2, 0.25) is 0 Å². The third kappa shape index (κ3) is 2.23. The summed E-state index contributed by atoms with van der Waals surface area (Å²) >= 11 is 1.32. The molecule has 0 fully saturated rings. The maximum absolute atomic E-state index is 12.1. The lowest BCUT2D eigenvalue weighted by atomic mass is 9.74. The van der Waals surface area contributed by atoms with Gasteiger partial charge in [0.1, 0.15) is 4.21 Å². The molecule has 0 aromatic carbocycles. The minimum absolute atomic E-state index is 0.0670. The predicted molar refractivity (Wildman–Crippen MR) is 69.0 cm³/mol. The molecule has 0 spiro atoms. The summed E-state index contributed by atoms with van der Waals surface area (Å²) < 4.78 is 12.3. The number of Topliss-reactive ketones (excluding diaryl/α,β-unsaturated/α-hetero) is 1. The first-order valence-corrected chi connectivity index (χ1v) is 7.85. The van der Waals surface area contributed by atoms with E-state index in [9.17, 15) is 14.1 Å². The van der Waals surface area contributed by atoms with Crippen LogP contribution in [-0.2, 0) is 23.8 Å². The fourth-order valence-corrected chi connectivity index (χ4v) is 4.57. The minimum Gasteiger partial charge on any atom is -0.391 e. The van der Waals surface area contributed by atoms with Crippen molar-refractivity contribution in [3.05, 3.63) is 16.0 Å². The first-order valence-electron chi connectivity index (χ1n) is 5.48. The number of rotatable bonds is 2. The Kier molecular flexibility index (Phi) is 3.27. The number of hydrogen-bond donors (Lipinski definition) is 1. The van der Waals surface area contributed by atoms with E-state index < -0.39 is 10.8 Å². The van der Waals surface area contributed by atoms with Crippen molar-refractivity contribution in [2.75, 3.05) is 6.26 Å². The smallest absolute Gasteiger partial charge is 0.165 e. The Bertz CT molecular complexity index is 500. The van der Waals surface area contributed by atoms with Gasteiger partial charge in [0.25, 0.3) is 0 Å². The van der Waals surface area contributed by atoms with Crippen LogP contribution < -0.4 is 0 Å². The quantitative estimate of drug-likeness (QED) is 0.897. The van der Waals surface area contributed by atoms with Crippen LogP contribution in [0.1, 0.15) is 41.1 Å². The molecule has 3 nitrogen and oxygen atoms in total. The van der Waals surface area contributed by atoms with Crippen LogP contribution >= 0.6 is 11.3 Å². The number of thiophene rings is 1. The van der Waals surface area contributed by atoms with Crippen LogP contribution in [0, 0.1) is 5.41 Å². The highest BCUT2D eigenvalue weighted by Gasteiger charge is 2.36. The number of carbonyl (C=O) groups is 1. The molecule has 17 heavy (non-hydrogen) atoms. The van der Waals surface area contributed by atoms with Crippen LogP contribution in [-0.4, -0.2) is 21.4 Å². The molecule has 2 rings (SSSR count). The molecule has 1 aliphatic carbocycles. The van der Waals surface area contributed by atoms with Gasteiger partial charge < -0.3 is 5.11 Å². The van der Waals surface area contributed by atoms with Crippen molar-refractivity contribution < 1.29 is 14.1 Å². The van der Waals surface area contributed by atoms with Gasteiger partial charge in [-0.15, -0.1) is 11.3 Å². The normalized spacial score (nSPS) is 20.1. The molecule has 0 bridgehead atoms. The van der Waals surface area contributed by atoms with Crippen LogP contribution in [0.3, 0.4) is 0 Å².